The Labute approximate surface area is 127 Å². The van der Waals surface area contributed by atoms with Crippen molar-refractivity contribution in [2.24, 2.45) is 5.73 Å². The van der Waals surface area contributed by atoms with E-state index in [9.17, 15) is 18.0 Å². The first-order valence-corrected chi connectivity index (χ1v) is 7.23. The average molecular weight is 315 g/mol. The smallest absolute Gasteiger partial charge is 0.368 e. The largest absolute Gasteiger partial charge is 0.416 e. The first-order chi connectivity index (χ1) is 10.3. The van der Waals surface area contributed by atoms with Gasteiger partial charge in [-0.25, -0.2) is 0 Å². The normalized spacial score (nSPS) is 17.5. The Kier molecular flexibility index (Phi) is 4.95. The van der Waals surface area contributed by atoms with Gasteiger partial charge in [-0.2, -0.15) is 13.2 Å². The quantitative estimate of drug-likeness (QED) is 0.929. The lowest BCUT2D eigenvalue weighted by Gasteiger charge is -2.36. The molecule has 22 heavy (non-hydrogen) atoms. The molecule has 2 N–H and O–H groups in total. The number of rotatable bonds is 3. The van der Waals surface area contributed by atoms with E-state index in [0.717, 1.165) is 12.1 Å². The van der Waals surface area contributed by atoms with Crippen LogP contribution in [0.4, 0.5) is 18.9 Å². The Bertz CT molecular complexity index is 523. The van der Waals surface area contributed by atoms with E-state index in [2.05, 4.69) is 0 Å². The van der Waals surface area contributed by atoms with Gasteiger partial charge >= 0.3 is 6.18 Å². The number of anilines is 1. The summed E-state index contributed by atoms with van der Waals surface area (Å²) in [5.74, 6) is -0.00121. The van der Waals surface area contributed by atoms with Gasteiger partial charge in [-0.3, -0.25) is 4.79 Å². The Balaban J connectivity index is 1.99. The highest BCUT2D eigenvalue weighted by atomic mass is 19.4. The van der Waals surface area contributed by atoms with Crippen LogP contribution in [0.15, 0.2) is 24.3 Å². The van der Waals surface area contributed by atoms with Gasteiger partial charge in [0.15, 0.2) is 0 Å². The number of carbonyl (C=O) groups excluding carboxylic acids is 1. The number of hydrogen-bond donors (Lipinski definition) is 1. The number of benzene rings is 1. The molecule has 0 bridgehead atoms. The van der Waals surface area contributed by atoms with E-state index >= 15 is 0 Å². The zero-order valence-corrected chi connectivity index (χ0v) is 12.4. The van der Waals surface area contributed by atoms with Crippen LogP contribution >= 0.6 is 0 Å². The number of alkyl halides is 3. The van der Waals surface area contributed by atoms with Gasteiger partial charge in [0.25, 0.3) is 0 Å². The van der Waals surface area contributed by atoms with Crippen LogP contribution in [-0.2, 0) is 11.0 Å². The van der Waals surface area contributed by atoms with Gasteiger partial charge in [0.1, 0.15) is 0 Å². The van der Waals surface area contributed by atoms with Gasteiger partial charge in [-0.05, 0) is 25.1 Å². The highest BCUT2D eigenvalue weighted by Gasteiger charge is 2.31. The van der Waals surface area contributed by atoms with E-state index in [1.54, 1.807) is 17.9 Å². The maximum Gasteiger partial charge on any atom is 0.416 e. The zero-order chi connectivity index (χ0) is 16.3. The number of carbonyl (C=O) groups is 1. The molecule has 1 amide bonds. The zero-order valence-electron chi connectivity index (χ0n) is 12.4. The number of piperazine rings is 1. The molecule has 1 heterocycles. The Morgan fingerprint density at radius 1 is 1.27 bits per heavy atom. The third-order valence-corrected chi connectivity index (χ3v) is 3.67. The molecule has 1 aromatic rings. The van der Waals surface area contributed by atoms with Crippen LogP contribution < -0.4 is 10.6 Å². The molecule has 122 valence electrons. The summed E-state index contributed by atoms with van der Waals surface area (Å²) in [5.41, 5.74) is 5.50. The summed E-state index contributed by atoms with van der Waals surface area (Å²) in [7, 11) is 0. The Morgan fingerprint density at radius 3 is 2.45 bits per heavy atom. The van der Waals surface area contributed by atoms with Gasteiger partial charge < -0.3 is 15.5 Å². The highest BCUT2D eigenvalue weighted by molar-refractivity contribution is 5.77. The Hall–Kier alpha value is -1.76. The van der Waals surface area contributed by atoms with Crippen LogP contribution in [0.25, 0.3) is 0 Å². The van der Waals surface area contributed by atoms with Crippen molar-refractivity contribution in [3.8, 4) is 0 Å². The SMILES string of the molecule is CC(N)CC(=O)N1CCN(c2cccc(C(F)(F)F)c2)CC1. The third kappa shape index (κ3) is 4.13. The molecule has 1 unspecified atom stereocenters. The lowest BCUT2D eigenvalue weighted by atomic mass is 10.1. The van der Waals surface area contributed by atoms with Crippen LogP contribution in [0.2, 0.25) is 0 Å². The summed E-state index contributed by atoms with van der Waals surface area (Å²) >= 11 is 0. The second kappa shape index (κ2) is 6.56. The molecule has 1 fully saturated rings. The van der Waals surface area contributed by atoms with Crippen molar-refractivity contribution in [1.82, 2.24) is 4.90 Å². The van der Waals surface area contributed by atoms with Gasteiger partial charge in [0.2, 0.25) is 5.91 Å². The minimum absolute atomic E-state index is 0.00121. The fraction of sp³-hybridized carbons (Fsp3) is 0.533. The lowest BCUT2D eigenvalue weighted by molar-refractivity contribution is -0.137. The number of halogens is 3. The molecule has 0 spiro atoms. The minimum atomic E-state index is -4.34. The number of hydrogen-bond acceptors (Lipinski definition) is 3. The molecular weight excluding hydrogens is 295 g/mol. The maximum atomic E-state index is 12.7. The van der Waals surface area contributed by atoms with Gasteiger partial charge in [0, 0.05) is 44.3 Å². The minimum Gasteiger partial charge on any atom is -0.368 e. The van der Waals surface area contributed by atoms with Crippen molar-refractivity contribution >= 4 is 11.6 Å². The maximum absolute atomic E-state index is 12.7. The third-order valence-electron chi connectivity index (χ3n) is 3.67. The number of nitrogens with zero attached hydrogens (tertiary/aromatic N) is 2. The predicted octanol–water partition coefficient (Wildman–Crippen LogP) is 2.09. The van der Waals surface area contributed by atoms with Gasteiger partial charge in [-0.1, -0.05) is 6.07 Å². The van der Waals surface area contributed by atoms with Crippen molar-refractivity contribution in [2.45, 2.75) is 25.6 Å². The van der Waals surface area contributed by atoms with Crippen LogP contribution in [0, 0.1) is 0 Å². The van der Waals surface area contributed by atoms with Gasteiger partial charge in [0.05, 0.1) is 5.56 Å². The molecule has 0 radical (unpaired) electrons. The fourth-order valence-corrected chi connectivity index (χ4v) is 2.50. The summed E-state index contributed by atoms with van der Waals surface area (Å²) in [6.07, 6.45) is -4.05. The number of amides is 1. The Morgan fingerprint density at radius 2 is 1.91 bits per heavy atom. The molecule has 1 aromatic carbocycles. The standard InChI is InChI=1S/C15H20F3N3O/c1-11(19)9-14(22)21-7-5-20(6-8-21)13-4-2-3-12(10-13)15(16,17)18/h2-4,10-11H,5-9,19H2,1H3. The monoisotopic (exact) mass is 315 g/mol. The second-order valence-electron chi connectivity index (χ2n) is 5.60. The van der Waals surface area contributed by atoms with E-state index in [-0.39, 0.29) is 11.9 Å². The van der Waals surface area contributed by atoms with Crippen LogP contribution in [0.5, 0.6) is 0 Å². The van der Waals surface area contributed by atoms with E-state index in [4.69, 9.17) is 5.73 Å². The number of nitrogens with two attached hydrogens (primary N) is 1. The first kappa shape index (κ1) is 16.6. The molecule has 2 rings (SSSR count). The fourth-order valence-electron chi connectivity index (χ4n) is 2.50. The molecule has 0 aromatic heterocycles. The van der Waals surface area contributed by atoms with E-state index < -0.39 is 11.7 Å². The molecule has 1 saturated heterocycles. The van der Waals surface area contributed by atoms with Crippen molar-refractivity contribution in [2.75, 3.05) is 31.1 Å². The molecule has 0 aliphatic carbocycles. The highest BCUT2D eigenvalue weighted by Crippen LogP contribution is 2.31. The second-order valence-corrected chi connectivity index (χ2v) is 5.60. The summed E-state index contributed by atoms with van der Waals surface area (Å²) in [6, 6.07) is 5.10. The summed E-state index contributed by atoms with van der Waals surface area (Å²) in [6.45, 7) is 3.82. The van der Waals surface area contributed by atoms with Crippen molar-refractivity contribution in [3.63, 3.8) is 0 Å². The van der Waals surface area contributed by atoms with E-state index in [1.165, 1.54) is 6.07 Å². The van der Waals surface area contributed by atoms with E-state index in [0.29, 0.717) is 38.3 Å². The molecule has 0 saturated carbocycles. The molecule has 7 heteroatoms. The van der Waals surface area contributed by atoms with Crippen molar-refractivity contribution in [1.29, 1.82) is 0 Å². The van der Waals surface area contributed by atoms with Crippen molar-refractivity contribution < 1.29 is 18.0 Å². The average Bonchev–Trinajstić information content (AvgIpc) is 2.46. The molecule has 4 nitrogen and oxygen atoms in total. The molecule has 1 aliphatic heterocycles. The van der Waals surface area contributed by atoms with Crippen LogP contribution in [-0.4, -0.2) is 43.0 Å². The molecular formula is C15H20F3N3O. The predicted molar refractivity (Wildman–Crippen MR) is 78.5 cm³/mol. The molecule has 1 atom stereocenters. The van der Waals surface area contributed by atoms with Crippen LogP contribution in [0.3, 0.4) is 0 Å². The lowest BCUT2D eigenvalue weighted by Crippen LogP contribution is -2.49. The van der Waals surface area contributed by atoms with Crippen molar-refractivity contribution in [3.05, 3.63) is 29.8 Å². The topological polar surface area (TPSA) is 49.6 Å². The first-order valence-electron chi connectivity index (χ1n) is 7.23. The summed E-state index contributed by atoms with van der Waals surface area (Å²) < 4.78 is 38.2. The van der Waals surface area contributed by atoms with Crippen LogP contribution in [0.1, 0.15) is 18.9 Å². The molecule has 1 aliphatic rings. The summed E-state index contributed by atoms with van der Waals surface area (Å²) in [4.78, 5) is 15.5. The summed E-state index contributed by atoms with van der Waals surface area (Å²) in [5, 5.41) is 0. The van der Waals surface area contributed by atoms with Gasteiger partial charge in [-0.15, -0.1) is 0 Å². The van der Waals surface area contributed by atoms with E-state index in [1.807, 2.05) is 4.90 Å².